The molecule has 0 N–H and O–H groups in total. The van der Waals surface area contributed by atoms with Crippen LogP contribution in [0.4, 0.5) is 0 Å². The van der Waals surface area contributed by atoms with E-state index in [9.17, 15) is 0 Å². The molecule has 4 rings (SSSR count). The van der Waals surface area contributed by atoms with Crippen LogP contribution in [0.25, 0.3) is 33.5 Å². The summed E-state index contributed by atoms with van der Waals surface area (Å²) >= 11 is 11.1. The number of hydrogen-bond donors (Lipinski definition) is 0. The number of aromatic nitrogens is 1. The van der Waals surface area contributed by atoms with Gasteiger partial charge in [-0.25, -0.2) is 0 Å². The molecular weight excluding hydrogens is 530 g/mol. The molecule has 27 heavy (non-hydrogen) atoms. The molecule has 0 fully saturated rings. The minimum Gasteiger partial charge on any atom is -0.256 e. The lowest BCUT2D eigenvalue weighted by Crippen LogP contribution is -1.95. The Morgan fingerprint density at radius 2 is 0.963 bits per heavy atom. The molecule has 4 heteroatoms. The molecule has 1 heterocycles. The van der Waals surface area contributed by atoms with Gasteiger partial charge < -0.3 is 0 Å². The predicted octanol–water partition coefficient (Wildman–Crippen LogP) is 8.37. The Kier molecular flexibility index (Phi) is 5.58. The second-order valence-corrected chi connectivity index (χ2v) is 8.58. The van der Waals surface area contributed by atoms with Gasteiger partial charge in [0.1, 0.15) is 0 Å². The van der Waals surface area contributed by atoms with Crippen molar-refractivity contribution in [3.8, 4) is 33.5 Å². The first kappa shape index (κ1) is 18.6. The van der Waals surface area contributed by atoms with Crippen molar-refractivity contribution in [2.75, 3.05) is 0 Å². The average Bonchev–Trinajstić information content (AvgIpc) is 2.69. The monoisotopic (exact) mass is 541 g/mol. The van der Waals surface area contributed by atoms with E-state index in [2.05, 4.69) is 96.3 Å². The Hall–Kier alpha value is -1.75. The number of pyridine rings is 1. The van der Waals surface area contributed by atoms with Gasteiger partial charge in [0.05, 0.1) is 5.69 Å². The van der Waals surface area contributed by atoms with Gasteiger partial charge in [-0.15, -0.1) is 0 Å². The fraction of sp³-hybridized carbons (Fsp3) is 0. The molecule has 0 aliphatic heterocycles. The van der Waals surface area contributed by atoms with Gasteiger partial charge in [0.25, 0.3) is 0 Å². The number of hydrogen-bond acceptors (Lipinski definition) is 1. The normalized spacial score (nSPS) is 10.8. The van der Waals surface area contributed by atoms with Crippen molar-refractivity contribution in [2.24, 2.45) is 0 Å². The van der Waals surface area contributed by atoms with E-state index in [4.69, 9.17) is 4.98 Å². The van der Waals surface area contributed by atoms with Gasteiger partial charge in [0.15, 0.2) is 0 Å². The van der Waals surface area contributed by atoms with E-state index in [0.717, 1.165) is 46.9 Å². The van der Waals surface area contributed by atoms with Crippen LogP contribution in [-0.4, -0.2) is 4.98 Å². The third-order valence-electron chi connectivity index (χ3n) is 4.39. The van der Waals surface area contributed by atoms with E-state index in [1.165, 1.54) is 0 Å². The van der Waals surface area contributed by atoms with Crippen LogP contribution >= 0.6 is 47.8 Å². The molecule has 132 valence electrons. The van der Waals surface area contributed by atoms with Crippen LogP contribution in [0.1, 0.15) is 0 Å². The Morgan fingerprint density at radius 1 is 0.481 bits per heavy atom. The van der Waals surface area contributed by atoms with Crippen molar-refractivity contribution in [1.82, 2.24) is 4.98 Å². The van der Waals surface area contributed by atoms with E-state index in [-0.39, 0.29) is 0 Å². The van der Waals surface area contributed by atoms with Gasteiger partial charge in [0.2, 0.25) is 0 Å². The van der Waals surface area contributed by atoms with Gasteiger partial charge in [-0.3, -0.25) is 4.98 Å². The molecule has 0 unspecified atom stereocenters. The minimum atomic E-state index is 0.947. The third kappa shape index (κ3) is 3.66. The molecule has 0 saturated heterocycles. The van der Waals surface area contributed by atoms with Crippen molar-refractivity contribution in [2.45, 2.75) is 0 Å². The highest BCUT2D eigenvalue weighted by Crippen LogP contribution is 2.44. The fourth-order valence-electron chi connectivity index (χ4n) is 3.16. The lowest BCUT2D eigenvalue weighted by molar-refractivity contribution is 1.32. The zero-order chi connectivity index (χ0) is 18.8. The number of nitrogens with zero attached hydrogens (tertiary/aromatic N) is 1. The second kappa shape index (κ2) is 8.09. The minimum absolute atomic E-state index is 0.947. The molecule has 1 nitrogen and oxygen atoms in total. The Balaban J connectivity index is 2.10. The van der Waals surface area contributed by atoms with Crippen molar-refractivity contribution in [1.29, 1.82) is 0 Å². The quantitative estimate of drug-likeness (QED) is 0.253. The smallest absolute Gasteiger partial charge is 0.0798 e. The summed E-state index contributed by atoms with van der Waals surface area (Å²) in [5, 5.41) is 0. The van der Waals surface area contributed by atoms with Gasteiger partial charge in [0, 0.05) is 30.7 Å². The molecule has 0 saturated carbocycles. The lowest BCUT2D eigenvalue weighted by atomic mass is 9.91. The molecular formula is C23H14Br3N. The summed E-state index contributed by atoms with van der Waals surface area (Å²) in [4.78, 5) is 4.78. The van der Waals surface area contributed by atoms with Crippen molar-refractivity contribution < 1.29 is 0 Å². The maximum Gasteiger partial charge on any atom is 0.0798 e. The van der Waals surface area contributed by atoms with Gasteiger partial charge in [-0.2, -0.15) is 0 Å². The Morgan fingerprint density at radius 3 is 1.52 bits per heavy atom. The van der Waals surface area contributed by atoms with E-state index < -0.39 is 0 Å². The summed E-state index contributed by atoms with van der Waals surface area (Å²) in [6.45, 7) is 0. The van der Waals surface area contributed by atoms with E-state index in [1.807, 2.05) is 36.5 Å². The van der Waals surface area contributed by atoms with Gasteiger partial charge in [-0.05, 0) is 41.0 Å². The molecule has 0 radical (unpaired) electrons. The highest BCUT2D eigenvalue weighted by atomic mass is 79.9. The van der Waals surface area contributed by atoms with Crippen molar-refractivity contribution in [3.63, 3.8) is 0 Å². The summed E-state index contributed by atoms with van der Waals surface area (Å²) in [5.74, 6) is 0. The largest absolute Gasteiger partial charge is 0.256 e. The first-order valence-corrected chi connectivity index (χ1v) is 10.8. The zero-order valence-corrected chi connectivity index (χ0v) is 18.9. The third-order valence-corrected chi connectivity index (χ3v) is 6.46. The summed E-state index contributed by atoms with van der Waals surface area (Å²) < 4.78 is 3.12. The Bertz CT molecular complexity index is 1060. The molecule has 3 aromatic carbocycles. The summed E-state index contributed by atoms with van der Waals surface area (Å²) in [5.41, 5.74) is 6.50. The predicted molar refractivity (Wildman–Crippen MR) is 124 cm³/mol. The average molecular weight is 544 g/mol. The van der Waals surface area contributed by atoms with E-state index >= 15 is 0 Å². The van der Waals surface area contributed by atoms with Gasteiger partial charge in [-0.1, -0.05) is 102 Å². The summed E-state index contributed by atoms with van der Waals surface area (Å²) in [6, 6.07) is 26.8. The molecule has 1 aromatic heterocycles. The second-order valence-electron chi connectivity index (χ2n) is 6.02. The summed E-state index contributed by atoms with van der Waals surface area (Å²) in [7, 11) is 0. The van der Waals surface area contributed by atoms with Crippen LogP contribution in [0.5, 0.6) is 0 Å². The van der Waals surface area contributed by atoms with Crippen molar-refractivity contribution >= 4 is 47.8 Å². The zero-order valence-electron chi connectivity index (χ0n) is 14.2. The lowest BCUT2D eigenvalue weighted by Gasteiger charge is -2.17. The first-order valence-electron chi connectivity index (χ1n) is 8.40. The Labute approximate surface area is 183 Å². The summed E-state index contributed by atoms with van der Waals surface area (Å²) in [6.07, 6.45) is 1.88. The number of benzene rings is 3. The molecule has 0 atom stereocenters. The van der Waals surface area contributed by atoms with Crippen LogP contribution in [0.2, 0.25) is 0 Å². The van der Waals surface area contributed by atoms with Gasteiger partial charge >= 0.3 is 0 Å². The highest BCUT2D eigenvalue weighted by Gasteiger charge is 2.19. The van der Waals surface area contributed by atoms with Crippen LogP contribution in [0.15, 0.2) is 98.5 Å². The van der Waals surface area contributed by atoms with E-state index in [1.54, 1.807) is 0 Å². The van der Waals surface area contributed by atoms with Crippen LogP contribution < -0.4 is 0 Å². The van der Waals surface area contributed by atoms with Crippen LogP contribution in [-0.2, 0) is 0 Å². The maximum atomic E-state index is 4.78. The van der Waals surface area contributed by atoms with Crippen molar-refractivity contribution in [3.05, 3.63) is 98.5 Å². The molecule has 0 amide bonds. The molecule has 4 aromatic rings. The van der Waals surface area contributed by atoms with Crippen LogP contribution in [0.3, 0.4) is 0 Å². The number of halogens is 3. The maximum absolute atomic E-state index is 4.78. The van der Waals surface area contributed by atoms with Crippen LogP contribution in [0, 0.1) is 0 Å². The fourth-order valence-corrected chi connectivity index (χ4v) is 4.61. The molecule has 0 aliphatic rings. The number of rotatable bonds is 3. The molecule has 0 bridgehead atoms. The molecule has 0 aliphatic carbocycles. The standard InChI is InChI=1S/C23H14Br3N/c24-19-10-4-1-7-15(19)16-13-14-27-23(18-9-3-6-12-21(18)26)22(16)17-8-2-5-11-20(17)25/h1-14H. The topological polar surface area (TPSA) is 12.9 Å². The highest BCUT2D eigenvalue weighted by molar-refractivity contribution is 9.11. The van der Waals surface area contributed by atoms with E-state index in [0.29, 0.717) is 0 Å². The SMILES string of the molecule is Brc1ccccc1-c1ccnc(-c2ccccc2Br)c1-c1ccccc1Br. The molecule has 0 spiro atoms. The first-order chi connectivity index (χ1) is 13.2.